The third-order valence-electron chi connectivity index (χ3n) is 5.34. The molecule has 0 N–H and O–H groups in total. The monoisotopic (exact) mass is 449 g/mol. The van der Waals surface area contributed by atoms with E-state index in [1.54, 1.807) is 18.7 Å². The van der Waals surface area contributed by atoms with Crippen molar-refractivity contribution in [2.75, 3.05) is 13.1 Å². The van der Waals surface area contributed by atoms with Gasteiger partial charge in [-0.15, -0.1) is 11.3 Å². The van der Waals surface area contributed by atoms with Crippen molar-refractivity contribution in [3.05, 3.63) is 22.8 Å². The second-order valence-corrected chi connectivity index (χ2v) is 10.3. The molecule has 0 saturated carbocycles. The number of aromatic nitrogens is 1. The average Bonchev–Trinajstić information content (AvgIpc) is 3.35. The predicted molar refractivity (Wildman–Crippen MR) is 97.6 cm³/mol. The largest absolute Gasteiger partial charge is 0.452 e. The molecule has 2 aliphatic rings. The summed E-state index contributed by atoms with van der Waals surface area (Å²) in [5.74, 6) is -1.47. The van der Waals surface area contributed by atoms with Gasteiger partial charge < -0.3 is 9.42 Å². The zero-order valence-corrected chi connectivity index (χ0v) is 17.2. The number of thiophene rings is 1. The lowest BCUT2D eigenvalue weighted by Gasteiger charge is -2.40. The molecule has 2 aromatic heterocycles. The average molecular weight is 449 g/mol. The summed E-state index contributed by atoms with van der Waals surface area (Å²) in [6.45, 7) is 3.98. The van der Waals surface area contributed by atoms with E-state index in [9.17, 15) is 26.4 Å². The fourth-order valence-electron chi connectivity index (χ4n) is 3.85. The summed E-state index contributed by atoms with van der Waals surface area (Å²) in [5.41, 5.74) is -0.0865. The fraction of sp³-hybridized carbons (Fsp3) is 0.529. The highest BCUT2D eigenvalue weighted by atomic mass is 32.2. The highest BCUT2D eigenvalue weighted by Crippen LogP contribution is 2.39. The number of carbonyl (C=O) groups excluding carboxylic acids is 1. The lowest BCUT2D eigenvalue weighted by molar-refractivity contribution is -0.155. The number of sulfonamides is 1. The first-order valence-corrected chi connectivity index (χ1v) is 11.2. The molecule has 0 bridgehead atoms. The Kier molecular flexibility index (Phi) is 4.78. The normalized spacial score (nSPS) is 23.6. The number of fused-ring (bicyclic) bond motifs is 1. The van der Waals surface area contributed by atoms with Crippen molar-refractivity contribution in [3.8, 4) is 10.6 Å². The molecule has 0 aromatic carbocycles. The van der Waals surface area contributed by atoms with Crippen molar-refractivity contribution < 1.29 is 30.9 Å². The Bertz CT molecular complexity index is 1060. The highest BCUT2D eigenvalue weighted by Gasteiger charge is 2.46. The zero-order chi connectivity index (χ0) is 21.1. The standard InChI is InChI=1S/C17H18F3N3O4S2/c1-9-16(24)22-5-3-4-11(22)8-23(9)29(25,26)14-7-13(28-10(14)2)12-6-15(27-21-12)17(18,19)20/h6-7,9,11H,3-5,8H2,1-2H3/t9-,11+/m1/s1. The van der Waals surface area contributed by atoms with Gasteiger partial charge in [0.25, 0.3) is 0 Å². The van der Waals surface area contributed by atoms with Crippen LogP contribution in [0.3, 0.4) is 0 Å². The molecule has 1 amide bonds. The Labute approximate surface area is 169 Å². The summed E-state index contributed by atoms with van der Waals surface area (Å²) in [6, 6.07) is 1.06. The zero-order valence-electron chi connectivity index (χ0n) is 15.6. The Hall–Kier alpha value is -1.92. The molecule has 0 radical (unpaired) electrons. The smallest absolute Gasteiger partial charge is 0.351 e. The number of aryl methyl sites for hydroxylation is 1. The van der Waals surface area contributed by atoms with E-state index in [1.165, 1.54) is 10.4 Å². The van der Waals surface area contributed by atoms with Crippen molar-refractivity contribution in [1.29, 1.82) is 0 Å². The van der Waals surface area contributed by atoms with Crippen LogP contribution in [0.15, 0.2) is 21.6 Å². The summed E-state index contributed by atoms with van der Waals surface area (Å²) in [6.07, 6.45) is -3.09. The molecule has 29 heavy (non-hydrogen) atoms. The second kappa shape index (κ2) is 6.81. The van der Waals surface area contributed by atoms with Gasteiger partial charge >= 0.3 is 6.18 Å². The number of piperazine rings is 1. The van der Waals surface area contributed by atoms with Gasteiger partial charge in [-0.25, -0.2) is 8.42 Å². The van der Waals surface area contributed by atoms with E-state index in [4.69, 9.17) is 0 Å². The van der Waals surface area contributed by atoms with Crippen LogP contribution in [0.5, 0.6) is 0 Å². The minimum absolute atomic E-state index is 0.0276. The quantitative estimate of drug-likeness (QED) is 0.719. The molecule has 12 heteroatoms. The molecule has 2 aromatic rings. The van der Waals surface area contributed by atoms with Crippen molar-refractivity contribution in [3.63, 3.8) is 0 Å². The predicted octanol–water partition coefficient (Wildman–Crippen LogP) is 3.11. The van der Waals surface area contributed by atoms with Gasteiger partial charge in [0.1, 0.15) is 11.7 Å². The molecule has 2 atom stereocenters. The van der Waals surface area contributed by atoms with Crippen LogP contribution in [0, 0.1) is 6.92 Å². The fourth-order valence-corrected chi connectivity index (χ4v) is 6.99. The van der Waals surface area contributed by atoms with Gasteiger partial charge in [-0.1, -0.05) is 5.16 Å². The molecule has 158 valence electrons. The number of alkyl halides is 3. The molecule has 7 nitrogen and oxygen atoms in total. The van der Waals surface area contributed by atoms with Crippen LogP contribution in [-0.4, -0.2) is 53.9 Å². The van der Waals surface area contributed by atoms with Crippen molar-refractivity contribution >= 4 is 27.3 Å². The second-order valence-electron chi connectivity index (χ2n) is 7.18. The Morgan fingerprint density at radius 1 is 1.31 bits per heavy atom. The van der Waals surface area contributed by atoms with Gasteiger partial charge in [0.15, 0.2) is 0 Å². The first kappa shape index (κ1) is 20.4. The third-order valence-corrected chi connectivity index (χ3v) is 8.61. The lowest BCUT2D eigenvalue weighted by atomic mass is 10.1. The number of halogens is 3. The maximum atomic E-state index is 13.3. The summed E-state index contributed by atoms with van der Waals surface area (Å²) >= 11 is 1.01. The minimum Gasteiger partial charge on any atom is -0.351 e. The van der Waals surface area contributed by atoms with Gasteiger partial charge in [-0.05, 0) is 32.8 Å². The van der Waals surface area contributed by atoms with Crippen LogP contribution in [-0.2, 0) is 21.0 Å². The Morgan fingerprint density at radius 3 is 2.69 bits per heavy atom. The number of carbonyl (C=O) groups is 1. The number of rotatable bonds is 3. The molecule has 0 spiro atoms. The van der Waals surface area contributed by atoms with E-state index in [-0.39, 0.29) is 34.0 Å². The topological polar surface area (TPSA) is 83.7 Å². The van der Waals surface area contributed by atoms with E-state index in [1.807, 2.05) is 0 Å². The molecular weight excluding hydrogens is 431 g/mol. The summed E-state index contributed by atoms with van der Waals surface area (Å²) in [7, 11) is -4.01. The van der Waals surface area contributed by atoms with Gasteiger partial charge in [0.2, 0.25) is 21.7 Å². The number of amides is 1. The highest BCUT2D eigenvalue weighted by molar-refractivity contribution is 7.89. The van der Waals surface area contributed by atoms with E-state index < -0.39 is 28.0 Å². The van der Waals surface area contributed by atoms with Crippen LogP contribution >= 0.6 is 11.3 Å². The lowest BCUT2D eigenvalue weighted by Crippen LogP contribution is -2.59. The van der Waals surface area contributed by atoms with Crippen LogP contribution in [0.4, 0.5) is 13.2 Å². The van der Waals surface area contributed by atoms with Gasteiger partial charge in [0, 0.05) is 30.1 Å². The molecule has 4 rings (SSSR count). The SMILES string of the molecule is Cc1sc(-c2cc(C(F)(F)F)on2)cc1S(=O)(=O)N1C[C@@H]2CCCN2C(=O)[C@H]1C. The molecule has 0 unspecified atom stereocenters. The number of hydrogen-bond acceptors (Lipinski definition) is 6. The van der Waals surface area contributed by atoms with Crippen molar-refractivity contribution in [2.24, 2.45) is 0 Å². The molecule has 2 saturated heterocycles. The Balaban J connectivity index is 1.68. The van der Waals surface area contributed by atoms with Crippen LogP contribution in [0.25, 0.3) is 10.6 Å². The first-order valence-electron chi connectivity index (χ1n) is 8.97. The van der Waals surface area contributed by atoms with E-state index >= 15 is 0 Å². The number of nitrogens with zero attached hydrogens (tertiary/aromatic N) is 3. The minimum atomic E-state index is -4.68. The Morgan fingerprint density at radius 2 is 2.03 bits per heavy atom. The maximum absolute atomic E-state index is 13.3. The first-order chi connectivity index (χ1) is 13.5. The van der Waals surface area contributed by atoms with Crippen molar-refractivity contribution in [2.45, 2.75) is 49.8 Å². The summed E-state index contributed by atoms with van der Waals surface area (Å²) < 4.78 is 70.4. The maximum Gasteiger partial charge on any atom is 0.452 e. The van der Waals surface area contributed by atoms with Crippen molar-refractivity contribution in [1.82, 2.24) is 14.4 Å². The molecule has 2 aliphatic heterocycles. The van der Waals surface area contributed by atoms with Gasteiger partial charge in [0.05, 0.1) is 9.77 Å². The van der Waals surface area contributed by atoms with Crippen LogP contribution < -0.4 is 0 Å². The molecular formula is C17H18F3N3O4S2. The van der Waals surface area contributed by atoms with Crippen LogP contribution in [0.2, 0.25) is 0 Å². The van der Waals surface area contributed by atoms with E-state index in [0.29, 0.717) is 11.4 Å². The van der Waals surface area contributed by atoms with Crippen LogP contribution in [0.1, 0.15) is 30.4 Å². The van der Waals surface area contributed by atoms with E-state index in [2.05, 4.69) is 9.68 Å². The summed E-state index contributed by atoms with van der Waals surface area (Å²) in [5, 5.41) is 3.42. The van der Waals surface area contributed by atoms with E-state index in [0.717, 1.165) is 30.2 Å². The van der Waals surface area contributed by atoms with Gasteiger partial charge in [-0.2, -0.15) is 17.5 Å². The number of hydrogen-bond donors (Lipinski definition) is 0. The summed E-state index contributed by atoms with van der Waals surface area (Å²) in [4.78, 5) is 15.0. The molecule has 4 heterocycles. The van der Waals surface area contributed by atoms with Gasteiger partial charge in [-0.3, -0.25) is 4.79 Å². The third kappa shape index (κ3) is 3.36. The molecule has 0 aliphatic carbocycles. The molecule has 2 fully saturated rings.